The van der Waals surface area contributed by atoms with E-state index < -0.39 is 5.60 Å². The smallest absolute Gasteiger partial charge is 0.119 e. The van der Waals surface area contributed by atoms with Gasteiger partial charge in [0.15, 0.2) is 0 Å². The third-order valence-corrected chi connectivity index (χ3v) is 3.65. The Morgan fingerprint density at radius 2 is 1.76 bits per heavy atom. The van der Waals surface area contributed by atoms with E-state index in [2.05, 4.69) is 5.32 Å². The van der Waals surface area contributed by atoms with Gasteiger partial charge in [-0.2, -0.15) is 0 Å². The van der Waals surface area contributed by atoms with E-state index in [1.165, 1.54) is 12.8 Å². The summed E-state index contributed by atoms with van der Waals surface area (Å²) in [6.07, 6.45) is 4.36. The van der Waals surface area contributed by atoms with Crippen molar-refractivity contribution in [3.05, 3.63) is 29.8 Å². The van der Waals surface area contributed by atoms with Gasteiger partial charge in [-0.1, -0.05) is 12.1 Å². The summed E-state index contributed by atoms with van der Waals surface area (Å²) < 4.78 is 5.71. The lowest BCUT2D eigenvalue weighted by Gasteiger charge is -2.33. The summed E-state index contributed by atoms with van der Waals surface area (Å²) in [4.78, 5) is 0. The van der Waals surface area contributed by atoms with Crippen molar-refractivity contribution in [1.29, 1.82) is 0 Å². The van der Waals surface area contributed by atoms with Crippen molar-refractivity contribution in [3.8, 4) is 5.75 Å². The second-order valence-corrected chi connectivity index (χ2v) is 5.12. The van der Waals surface area contributed by atoms with E-state index in [9.17, 15) is 5.11 Å². The fraction of sp³-hybridized carbons (Fsp3) is 0.571. The van der Waals surface area contributed by atoms with Crippen LogP contribution in [0.4, 0.5) is 0 Å². The molecular formula is C14H19NO2. The lowest BCUT2D eigenvalue weighted by Crippen LogP contribution is -2.39. The van der Waals surface area contributed by atoms with Gasteiger partial charge in [0.1, 0.15) is 5.75 Å². The fourth-order valence-corrected chi connectivity index (χ4v) is 2.35. The number of hydrogen-bond donors (Lipinski definition) is 2. The standard InChI is InChI=1S/C14H19NO2/c16-14(7-9-15-10-8-14)11-1-3-12(4-2-11)17-13-5-6-13/h1-4,13,15-16H,5-10H2. The normalized spacial score (nSPS) is 23.4. The molecule has 92 valence electrons. The molecule has 1 aromatic rings. The molecule has 0 unspecified atom stereocenters. The van der Waals surface area contributed by atoms with E-state index in [0.29, 0.717) is 6.10 Å². The molecule has 2 fully saturated rings. The third kappa shape index (κ3) is 2.45. The van der Waals surface area contributed by atoms with Crippen LogP contribution in [0.1, 0.15) is 31.2 Å². The van der Waals surface area contributed by atoms with Gasteiger partial charge in [0.2, 0.25) is 0 Å². The first-order chi connectivity index (χ1) is 8.26. The van der Waals surface area contributed by atoms with Crippen LogP contribution in [0.25, 0.3) is 0 Å². The Balaban J connectivity index is 1.73. The number of hydrogen-bond acceptors (Lipinski definition) is 3. The quantitative estimate of drug-likeness (QED) is 0.836. The first-order valence-corrected chi connectivity index (χ1v) is 6.47. The monoisotopic (exact) mass is 233 g/mol. The van der Waals surface area contributed by atoms with Crippen LogP contribution in [-0.2, 0) is 5.60 Å². The third-order valence-electron chi connectivity index (χ3n) is 3.65. The van der Waals surface area contributed by atoms with E-state index in [0.717, 1.165) is 37.2 Å². The highest BCUT2D eigenvalue weighted by Crippen LogP contribution is 2.32. The van der Waals surface area contributed by atoms with Crippen molar-refractivity contribution in [2.75, 3.05) is 13.1 Å². The van der Waals surface area contributed by atoms with E-state index >= 15 is 0 Å². The van der Waals surface area contributed by atoms with Crippen LogP contribution in [0.2, 0.25) is 0 Å². The van der Waals surface area contributed by atoms with Crippen molar-refractivity contribution in [1.82, 2.24) is 5.32 Å². The van der Waals surface area contributed by atoms with E-state index in [-0.39, 0.29) is 0 Å². The lowest BCUT2D eigenvalue weighted by atomic mass is 9.85. The van der Waals surface area contributed by atoms with Crippen molar-refractivity contribution < 1.29 is 9.84 Å². The van der Waals surface area contributed by atoms with Gasteiger partial charge in [0, 0.05) is 0 Å². The molecule has 0 bridgehead atoms. The second-order valence-electron chi connectivity index (χ2n) is 5.12. The van der Waals surface area contributed by atoms with Crippen LogP contribution < -0.4 is 10.1 Å². The maximum absolute atomic E-state index is 10.5. The van der Waals surface area contributed by atoms with E-state index in [1.807, 2.05) is 24.3 Å². The number of aliphatic hydroxyl groups is 1. The first kappa shape index (κ1) is 11.1. The Kier molecular flexibility index (Phi) is 2.81. The predicted octanol–water partition coefficient (Wildman–Crippen LogP) is 1.80. The molecule has 1 saturated carbocycles. The summed E-state index contributed by atoms with van der Waals surface area (Å²) in [5.41, 5.74) is 0.366. The summed E-state index contributed by atoms with van der Waals surface area (Å²) >= 11 is 0. The summed E-state index contributed by atoms with van der Waals surface area (Å²) in [6.45, 7) is 1.77. The zero-order chi connectivity index (χ0) is 11.7. The summed E-state index contributed by atoms with van der Waals surface area (Å²) in [6, 6.07) is 7.97. The van der Waals surface area contributed by atoms with Crippen LogP contribution in [0, 0.1) is 0 Å². The molecule has 0 spiro atoms. The first-order valence-electron chi connectivity index (χ1n) is 6.47. The average Bonchev–Trinajstić information content (AvgIpc) is 3.15. The van der Waals surface area contributed by atoms with Gasteiger partial charge in [-0.05, 0) is 56.5 Å². The number of benzene rings is 1. The van der Waals surface area contributed by atoms with Gasteiger partial charge < -0.3 is 15.2 Å². The maximum Gasteiger partial charge on any atom is 0.119 e. The van der Waals surface area contributed by atoms with Crippen molar-refractivity contribution in [2.45, 2.75) is 37.4 Å². The summed E-state index contributed by atoms with van der Waals surface area (Å²) in [5.74, 6) is 0.925. The van der Waals surface area contributed by atoms with Crippen molar-refractivity contribution >= 4 is 0 Å². The number of rotatable bonds is 3. The molecule has 2 aliphatic rings. The Morgan fingerprint density at radius 1 is 1.12 bits per heavy atom. The van der Waals surface area contributed by atoms with E-state index in [1.54, 1.807) is 0 Å². The fourth-order valence-electron chi connectivity index (χ4n) is 2.35. The Hall–Kier alpha value is -1.06. The highest BCUT2D eigenvalue weighted by Gasteiger charge is 2.31. The second kappa shape index (κ2) is 4.31. The minimum Gasteiger partial charge on any atom is -0.490 e. The maximum atomic E-state index is 10.5. The Labute approximate surface area is 102 Å². The molecule has 1 aromatic carbocycles. The molecule has 3 heteroatoms. The van der Waals surface area contributed by atoms with Gasteiger partial charge >= 0.3 is 0 Å². The van der Waals surface area contributed by atoms with Crippen LogP contribution >= 0.6 is 0 Å². The lowest BCUT2D eigenvalue weighted by molar-refractivity contribution is 0.00590. The minimum absolute atomic E-state index is 0.433. The number of nitrogens with one attached hydrogen (secondary N) is 1. The molecular weight excluding hydrogens is 214 g/mol. The van der Waals surface area contributed by atoms with Gasteiger partial charge in [0.05, 0.1) is 11.7 Å². The molecule has 0 amide bonds. The summed E-state index contributed by atoms with van der Waals surface area (Å²) in [7, 11) is 0. The topological polar surface area (TPSA) is 41.5 Å². The number of piperidine rings is 1. The molecule has 0 atom stereocenters. The zero-order valence-electron chi connectivity index (χ0n) is 9.98. The minimum atomic E-state index is -0.649. The Morgan fingerprint density at radius 3 is 2.35 bits per heavy atom. The van der Waals surface area contributed by atoms with Crippen LogP contribution in [0.15, 0.2) is 24.3 Å². The molecule has 2 N–H and O–H groups in total. The summed E-state index contributed by atoms with van der Waals surface area (Å²) in [5, 5.41) is 13.8. The van der Waals surface area contributed by atoms with Crippen LogP contribution in [-0.4, -0.2) is 24.3 Å². The SMILES string of the molecule is OC1(c2ccc(OC3CC3)cc2)CCNCC1. The molecule has 1 saturated heterocycles. The average molecular weight is 233 g/mol. The van der Waals surface area contributed by atoms with Crippen molar-refractivity contribution in [3.63, 3.8) is 0 Å². The molecule has 0 radical (unpaired) electrons. The predicted molar refractivity (Wildman–Crippen MR) is 66.1 cm³/mol. The molecule has 1 heterocycles. The largest absolute Gasteiger partial charge is 0.490 e. The molecule has 1 aliphatic heterocycles. The molecule has 3 rings (SSSR count). The van der Waals surface area contributed by atoms with E-state index in [4.69, 9.17) is 4.74 Å². The number of ether oxygens (including phenoxy) is 1. The van der Waals surface area contributed by atoms with Gasteiger partial charge in [0.25, 0.3) is 0 Å². The zero-order valence-corrected chi connectivity index (χ0v) is 9.98. The Bertz CT molecular complexity index is 378. The van der Waals surface area contributed by atoms with Crippen LogP contribution in [0.3, 0.4) is 0 Å². The highest BCUT2D eigenvalue weighted by atomic mass is 16.5. The molecule has 1 aliphatic carbocycles. The highest BCUT2D eigenvalue weighted by molar-refractivity contribution is 5.31. The van der Waals surface area contributed by atoms with Gasteiger partial charge in [-0.15, -0.1) is 0 Å². The van der Waals surface area contributed by atoms with Gasteiger partial charge in [-0.3, -0.25) is 0 Å². The van der Waals surface area contributed by atoms with Crippen LogP contribution in [0.5, 0.6) is 5.75 Å². The molecule has 17 heavy (non-hydrogen) atoms. The van der Waals surface area contributed by atoms with Crippen molar-refractivity contribution in [2.24, 2.45) is 0 Å². The molecule has 3 nitrogen and oxygen atoms in total. The van der Waals surface area contributed by atoms with Gasteiger partial charge in [-0.25, -0.2) is 0 Å². The molecule has 0 aromatic heterocycles.